The number of nitrogens with zero attached hydrogens (tertiary/aromatic N) is 2. The van der Waals surface area contributed by atoms with Gasteiger partial charge in [-0.1, -0.05) is 18.5 Å². The fourth-order valence-corrected chi connectivity index (χ4v) is 5.02. The molecule has 0 saturated heterocycles. The third-order valence-electron chi connectivity index (χ3n) is 6.13. The molecule has 0 fully saturated rings. The number of fused-ring (bicyclic) bond motifs is 1. The molecule has 0 saturated carbocycles. The van der Waals surface area contributed by atoms with Gasteiger partial charge in [-0.05, 0) is 56.3 Å². The Morgan fingerprint density at radius 3 is 2.41 bits per heavy atom. The molecule has 2 aromatic carbocycles. The zero-order chi connectivity index (χ0) is 25.0. The van der Waals surface area contributed by atoms with E-state index in [1.165, 1.54) is 24.3 Å². The van der Waals surface area contributed by atoms with E-state index in [1.807, 2.05) is 14.0 Å². The van der Waals surface area contributed by atoms with Crippen LogP contribution in [0.1, 0.15) is 24.2 Å². The summed E-state index contributed by atoms with van der Waals surface area (Å²) in [5.74, 6) is 0.296. The number of hydrogen-bond donors (Lipinski definition) is 1. The summed E-state index contributed by atoms with van der Waals surface area (Å²) in [4.78, 5) is 17.1. The molecule has 10 heteroatoms. The molecule has 1 aliphatic rings. The Balaban J connectivity index is 1.94. The minimum atomic E-state index is -3.84. The van der Waals surface area contributed by atoms with Gasteiger partial charge in [0, 0.05) is 44.4 Å². The van der Waals surface area contributed by atoms with Gasteiger partial charge in [-0.15, -0.1) is 0 Å². The summed E-state index contributed by atoms with van der Waals surface area (Å²) < 4.78 is 39.9. The van der Waals surface area contributed by atoms with E-state index in [4.69, 9.17) is 21.1 Å². The van der Waals surface area contributed by atoms with Crippen molar-refractivity contribution in [2.75, 3.05) is 45.6 Å². The van der Waals surface area contributed by atoms with Crippen molar-refractivity contribution in [2.45, 2.75) is 30.9 Å². The van der Waals surface area contributed by atoms with E-state index in [1.54, 1.807) is 37.3 Å². The smallest absolute Gasteiger partial charge is 0.261 e. The Hall–Kier alpha value is -2.33. The highest BCUT2D eigenvalue weighted by molar-refractivity contribution is 7.92. The fourth-order valence-electron chi connectivity index (χ4n) is 3.84. The monoisotopic (exact) mass is 509 g/mol. The van der Waals surface area contributed by atoms with Gasteiger partial charge in [-0.25, -0.2) is 8.42 Å². The maximum Gasteiger partial charge on any atom is 0.261 e. The SMILES string of the molecule is CO[C@H]1CN(C)C(=O)c2ccc(NS(=O)(=O)c3ccc(Cl)cc3)cc2OC[C@@H](C)N(C)C[C@H]1C. The highest BCUT2D eigenvalue weighted by Crippen LogP contribution is 2.28. The molecule has 2 aromatic rings. The lowest BCUT2D eigenvalue weighted by molar-refractivity contribution is 0.0150. The summed E-state index contributed by atoms with van der Waals surface area (Å²) >= 11 is 5.87. The molecule has 0 aliphatic carbocycles. The highest BCUT2D eigenvalue weighted by Gasteiger charge is 2.27. The number of likely N-dealkylation sites (N-methyl/N-ethyl adjacent to an activating group) is 2. The van der Waals surface area contributed by atoms with E-state index in [9.17, 15) is 13.2 Å². The largest absolute Gasteiger partial charge is 0.491 e. The van der Waals surface area contributed by atoms with E-state index < -0.39 is 10.0 Å². The molecule has 0 spiro atoms. The van der Waals surface area contributed by atoms with Gasteiger partial charge in [0.15, 0.2) is 0 Å². The zero-order valence-corrected chi connectivity index (χ0v) is 21.7. The normalized spacial score (nSPS) is 22.8. The number of benzene rings is 2. The fraction of sp³-hybridized carbons (Fsp3) is 0.458. The maximum atomic E-state index is 13.2. The van der Waals surface area contributed by atoms with Gasteiger partial charge in [0.1, 0.15) is 12.4 Å². The van der Waals surface area contributed by atoms with Crippen LogP contribution in [-0.2, 0) is 14.8 Å². The number of carbonyl (C=O) groups is 1. The average molecular weight is 510 g/mol. The van der Waals surface area contributed by atoms with E-state index in [2.05, 4.69) is 16.5 Å². The predicted octanol–water partition coefficient (Wildman–Crippen LogP) is 3.58. The van der Waals surface area contributed by atoms with Crippen LogP contribution in [-0.4, -0.2) is 77.2 Å². The lowest BCUT2D eigenvalue weighted by atomic mass is 10.0. The van der Waals surface area contributed by atoms with Crippen molar-refractivity contribution in [3.05, 3.63) is 53.1 Å². The summed E-state index contributed by atoms with van der Waals surface area (Å²) in [7, 11) is 1.56. The predicted molar refractivity (Wildman–Crippen MR) is 133 cm³/mol. The van der Waals surface area contributed by atoms with Crippen molar-refractivity contribution < 1.29 is 22.7 Å². The standard InChI is InChI=1S/C24H32ClN3O5S/c1-16-13-27(3)17(2)15-33-22-12-19(26-34(30,31)20-9-6-18(25)7-10-20)8-11-21(22)24(29)28(4)14-23(16)32-5/h6-12,16-17,23,26H,13-15H2,1-5H3/t16-,17-,23+/m1/s1. The molecule has 8 nitrogen and oxygen atoms in total. The number of anilines is 1. The molecule has 34 heavy (non-hydrogen) atoms. The first kappa shape index (κ1) is 26.3. The van der Waals surface area contributed by atoms with Crippen LogP contribution in [0, 0.1) is 5.92 Å². The van der Waals surface area contributed by atoms with Crippen LogP contribution in [0.4, 0.5) is 5.69 Å². The summed E-state index contributed by atoms with van der Waals surface area (Å²) in [6, 6.07) is 10.6. The van der Waals surface area contributed by atoms with Crippen molar-refractivity contribution in [1.29, 1.82) is 0 Å². The van der Waals surface area contributed by atoms with Crippen LogP contribution in [0.5, 0.6) is 5.75 Å². The molecular weight excluding hydrogens is 478 g/mol. The van der Waals surface area contributed by atoms with E-state index >= 15 is 0 Å². The zero-order valence-electron chi connectivity index (χ0n) is 20.1. The second-order valence-electron chi connectivity index (χ2n) is 8.81. The summed E-state index contributed by atoms with van der Waals surface area (Å²) in [5, 5.41) is 0.443. The van der Waals surface area contributed by atoms with Gasteiger partial charge < -0.3 is 14.4 Å². The Bertz CT molecular complexity index is 1110. The maximum absolute atomic E-state index is 13.2. The summed E-state index contributed by atoms with van der Waals surface area (Å²) in [5.41, 5.74) is 0.649. The highest BCUT2D eigenvalue weighted by atomic mass is 35.5. The van der Waals surface area contributed by atoms with E-state index in [0.29, 0.717) is 35.2 Å². The first-order valence-electron chi connectivity index (χ1n) is 11.1. The number of ether oxygens (including phenoxy) is 2. The molecule has 3 rings (SSSR count). The van der Waals surface area contributed by atoms with Gasteiger partial charge in [0.2, 0.25) is 0 Å². The molecule has 0 aromatic heterocycles. The van der Waals surface area contributed by atoms with Crippen LogP contribution in [0.25, 0.3) is 0 Å². The second-order valence-corrected chi connectivity index (χ2v) is 10.9. The van der Waals surface area contributed by atoms with Crippen molar-refractivity contribution in [3.63, 3.8) is 0 Å². The van der Waals surface area contributed by atoms with Gasteiger partial charge in [0.05, 0.1) is 22.3 Å². The number of hydrogen-bond acceptors (Lipinski definition) is 6. The van der Waals surface area contributed by atoms with Crippen LogP contribution in [0.15, 0.2) is 47.4 Å². The van der Waals surface area contributed by atoms with E-state index in [0.717, 1.165) is 6.54 Å². The van der Waals surface area contributed by atoms with Crippen molar-refractivity contribution >= 4 is 33.2 Å². The third-order valence-corrected chi connectivity index (χ3v) is 7.78. The first-order valence-corrected chi connectivity index (χ1v) is 12.9. The summed E-state index contributed by atoms with van der Waals surface area (Å²) in [6.07, 6.45) is -0.127. The number of amides is 1. The molecule has 0 bridgehead atoms. The molecule has 1 amide bonds. The molecule has 1 heterocycles. The average Bonchev–Trinajstić information content (AvgIpc) is 2.79. The van der Waals surface area contributed by atoms with Gasteiger partial charge >= 0.3 is 0 Å². The number of carbonyl (C=O) groups excluding carboxylic acids is 1. The first-order chi connectivity index (χ1) is 16.0. The lowest BCUT2D eigenvalue weighted by Gasteiger charge is -2.34. The molecular formula is C24H32ClN3O5S. The van der Waals surface area contributed by atoms with Crippen molar-refractivity contribution in [3.8, 4) is 5.75 Å². The lowest BCUT2D eigenvalue weighted by Crippen LogP contribution is -2.45. The Morgan fingerprint density at radius 1 is 1.09 bits per heavy atom. The van der Waals surface area contributed by atoms with Gasteiger partial charge in [-0.2, -0.15) is 0 Å². The minimum absolute atomic E-state index is 0.0643. The minimum Gasteiger partial charge on any atom is -0.491 e. The quantitative estimate of drug-likeness (QED) is 0.677. The number of nitrogens with one attached hydrogen (secondary N) is 1. The van der Waals surface area contributed by atoms with Crippen LogP contribution >= 0.6 is 11.6 Å². The number of halogens is 1. The van der Waals surface area contributed by atoms with Gasteiger partial charge in [0.25, 0.3) is 15.9 Å². The Labute approximate surface area is 206 Å². The molecule has 1 N–H and O–H groups in total. The second kappa shape index (κ2) is 10.9. The van der Waals surface area contributed by atoms with Crippen LogP contribution < -0.4 is 9.46 Å². The Kier molecular flexibility index (Phi) is 8.46. The summed E-state index contributed by atoms with van der Waals surface area (Å²) in [6.45, 7) is 5.68. The Morgan fingerprint density at radius 2 is 1.76 bits per heavy atom. The number of methoxy groups -OCH3 is 1. The molecule has 0 unspecified atom stereocenters. The van der Waals surface area contributed by atoms with Crippen LogP contribution in [0.2, 0.25) is 5.02 Å². The molecule has 3 atom stereocenters. The molecule has 186 valence electrons. The van der Waals surface area contributed by atoms with Gasteiger partial charge in [-0.3, -0.25) is 14.4 Å². The van der Waals surface area contributed by atoms with E-state index in [-0.39, 0.29) is 28.9 Å². The third kappa shape index (κ3) is 6.21. The number of rotatable bonds is 4. The topological polar surface area (TPSA) is 88.2 Å². The van der Waals surface area contributed by atoms with Crippen molar-refractivity contribution in [2.24, 2.45) is 5.92 Å². The van der Waals surface area contributed by atoms with Crippen molar-refractivity contribution in [1.82, 2.24) is 9.80 Å². The molecule has 0 radical (unpaired) electrons. The molecule has 1 aliphatic heterocycles. The van der Waals surface area contributed by atoms with Crippen LogP contribution in [0.3, 0.4) is 0 Å². The number of sulfonamides is 1.